The molecule has 4 nitrogen and oxygen atoms in total. The predicted octanol–water partition coefficient (Wildman–Crippen LogP) is 1.72. The standard InChI is InChI=1S/C9H15ClN4/c1-6-3-4-7(10)5-8(6)9-11-12-13-14(9)2/h6-8H,3-5H2,1-2H3. The Morgan fingerprint density at radius 1 is 1.43 bits per heavy atom. The summed E-state index contributed by atoms with van der Waals surface area (Å²) in [4.78, 5) is 0. The molecule has 1 aromatic heterocycles. The second kappa shape index (κ2) is 3.85. The number of rotatable bonds is 1. The lowest BCUT2D eigenvalue weighted by atomic mass is 9.80. The number of hydrogen-bond donors (Lipinski definition) is 0. The van der Waals surface area contributed by atoms with E-state index in [0.717, 1.165) is 18.7 Å². The van der Waals surface area contributed by atoms with Gasteiger partial charge in [0.15, 0.2) is 5.82 Å². The third kappa shape index (κ3) is 1.75. The van der Waals surface area contributed by atoms with Gasteiger partial charge in [0.1, 0.15) is 0 Å². The Balaban J connectivity index is 2.20. The fourth-order valence-corrected chi connectivity index (χ4v) is 2.50. The van der Waals surface area contributed by atoms with E-state index in [1.807, 2.05) is 7.05 Å². The van der Waals surface area contributed by atoms with Crippen molar-refractivity contribution in [1.82, 2.24) is 20.2 Å². The van der Waals surface area contributed by atoms with Gasteiger partial charge in [0.2, 0.25) is 0 Å². The van der Waals surface area contributed by atoms with Crippen LogP contribution >= 0.6 is 11.6 Å². The molecule has 0 aromatic carbocycles. The first kappa shape index (κ1) is 9.90. The summed E-state index contributed by atoms with van der Waals surface area (Å²) in [7, 11) is 1.89. The van der Waals surface area contributed by atoms with Crippen LogP contribution in [0.15, 0.2) is 0 Å². The van der Waals surface area contributed by atoms with Gasteiger partial charge in [-0.05, 0) is 35.6 Å². The Morgan fingerprint density at radius 3 is 2.86 bits per heavy atom. The van der Waals surface area contributed by atoms with Crippen molar-refractivity contribution in [2.45, 2.75) is 37.5 Å². The maximum Gasteiger partial charge on any atom is 0.154 e. The van der Waals surface area contributed by atoms with Crippen LogP contribution in [-0.4, -0.2) is 25.6 Å². The van der Waals surface area contributed by atoms with E-state index in [9.17, 15) is 0 Å². The molecular formula is C9H15ClN4. The highest BCUT2D eigenvalue weighted by atomic mass is 35.5. The number of nitrogens with zero attached hydrogens (tertiary/aromatic N) is 4. The predicted molar refractivity (Wildman–Crippen MR) is 54.2 cm³/mol. The van der Waals surface area contributed by atoms with Gasteiger partial charge in [-0.15, -0.1) is 16.7 Å². The molecule has 2 rings (SSSR count). The van der Waals surface area contributed by atoms with Gasteiger partial charge < -0.3 is 0 Å². The van der Waals surface area contributed by atoms with Gasteiger partial charge in [0, 0.05) is 18.3 Å². The summed E-state index contributed by atoms with van der Waals surface area (Å²) >= 11 is 6.17. The molecule has 1 heterocycles. The van der Waals surface area contributed by atoms with Crippen molar-refractivity contribution < 1.29 is 0 Å². The molecule has 3 unspecified atom stereocenters. The molecule has 0 amide bonds. The first-order valence-corrected chi connectivity index (χ1v) is 5.48. The highest BCUT2D eigenvalue weighted by molar-refractivity contribution is 6.20. The first-order chi connectivity index (χ1) is 6.68. The van der Waals surface area contributed by atoms with Gasteiger partial charge in [0.05, 0.1) is 0 Å². The number of tetrazole rings is 1. The molecule has 1 aromatic rings. The molecule has 1 fully saturated rings. The van der Waals surface area contributed by atoms with E-state index in [0.29, 0.717) is 11.8 Å². The summed E-state index contributed by atoms with van der Waals surface area (Å²) in [6.07, 6.45) is 3.28. The van der Waals surface area contributed by atoms with Crippen molar-refractivity contribution in [1.29, 1.82) is 0 Å². The van der Waals surface area contributed by atoms with Crippen LogP contribution in [0.2, 0.25) is 0 Å². The van der Waals surface area contributed by atoms with E-state index in [4.69, 9.17) is 11.6 Å². The zero-order chi connectivity index (χ0) is 10.1. The van der Waals surface area contributed by atoms with Crippen molar-refractivity contribution >= 4 is 11.6 Å². The normalized spacial score (nSPS) is 33.2. The summed E-state index contributed by atoms with van der Waals surface area (Å²) in [5.41, 5.74) is 0. The molecule has 3 atom stereocenters. The molecule has 0 radical (unpaired) electrons. The first-order valence-electron chi connectivity index (χ1n) is 5.04. The lowest BCUT2D eigenvalue weighted by molar-refractivity contribution is 0.316. The van der Waals surface area contributed by atoms with Gasteiger partial charge in [-0.2, -0.15) is 0 Å². The maximum absolute atomic E-state index is 6.17. The van der Waals surface area contributed by atoms with E-state index in [1.54, 1.807) is 4.68 Å². The molecule has 1 aliphatic carbocycles. The van der Waals surface area contributed by atoms with E-state index < -0.39 is 0 Å². The molecule has 78 valence electrons. The van der Waals surface area contributed by atoms with Crippen LogP contribution in [0, 0.1) is 5.92 Å². The zero-order valence-electron chi connectivity index (χ0n) is 8.52. The van der Waals surface area contributed by atoms with Crippen molar-refractivity contribution in [3.8, 4) is 0 Å². The van der Waals surface area contributed by atoms with Crippen LogP contribution < -0.4 is 0 Å². The van der Waals surface area contributed by atoms with Crippen LogP contribution in [0.1, 0.15) is 37.9 Å². The van der Waals surface area contributed by atoms with Gasteiger partial charge >= 0.3 is 0 Å². The number of hydrogen-bond acceptors (Lipinski definition) is 3. The lowest BCUT2D eigenvalue weighted by Crippen LogP contribution is -2.24. The number of aromatic nitrogens is 4. The third-order valence-electron chi connectivity index (χ3n) is 3.12. The maximum atomic E-state index is 6.17. The molecule has 0 bridgehead atoms. The second-order valence-corrected chi connectivity index (χ2v) is 4.77. The van der Waals surface area contributed by atoms with Gasteiger partial charge in [0.25, 0.3) is 0 Å². The average molecular weight is 215 g/mol. The molecule has 1 aliphatic rings. The molecular weight excluding hydrogens is 200 g/mol. The number of halogens is 1. The summed E-state index contributed by atoms with van der Waals surface area (Å²) in [5.74, 6) is 2.03. The molecule has 0 saturated heterocycles. The fraction of sp³-hybridized carbons (Fsp3) is 0.889. The van der Waals surface area contributed by atoms with Gasteiger partial charge in [-0.3, -0.25) is 0 Å². The molecule has 0 aliphatic heterocycles. The minimum atomic E-state index is 0.285. The Hall–Kier alpha value is -0.640. The molecule has 0 N–H and O–H groups in total. The Labute approximate surface area is 88.6 Å². The summed E-state index contributed by atoms with van der Waals surface area (Å²) in [6.45, 7) is 2.25. The average Bonchev–Trinajstić information content (AvgIpc) is 2.56. The Kier molecular flexibility index (Phi) is 2.72. The van der Waals surface area contributed by atoms with Crippen LogP contribution in [0.25, 0.3) is 0 Å². The van der Waals surface area contributed by atoms with Crippen molar-refractivity contribution in [3.05, 3.63) is 5.82 Å². The molecule has 5 heteroatoms. The molecule has 1 saturated carbocycles. The van der Waals surface area contributed by atoms with Gasteiger partial charge in [-0.25, -0.2) is 4.68 Å². The highest BCUT2D eigenvalue weighted by Gasteiger charge is 2.30. The highest BCUT2D eigenvalue weighted by Crippen LogP contribution is 2.38. The van der Waals surface area contributed by atoms with Crippen LogP contribution in [0.5, 0.6) is 0 Å². The largest absolute Gasteiger partial charge is 0.232 e. The third-order valence-corrected chi connectivity index (χ3v) is 3.51. The SMILES string of the molecule is CC1CCC(Cl)CC1c1nnnn1C. The lowest BCUT2D eigenvalue weighted by Gasteiger charge is -2.30. The fourth-order valence-electron chi connectivity index (χ4n) is 2.18. The van der Waals surface area contributed by atoms with E-state index in [-0.39, 0.29) is 5.38 Å². The molecule has 14 heavy (non-hydrogen) atoms. The monoisotopic (exact) mass is 214 g/mol. The van der Waals surface area contributed by atoms with Gasteiger partial charge in [-0.1, -0.05) is 6.92 Å². The molecule has 0 spiro atoms. The minimum Gasteiger partial charge on any atom is -0.232 e. The van der Waals surface area contributed by atoms with Crippen molar-refractivity contribution in [3.63, 3.8) is 0 Å². The van der Waals surface area contributed by atoms with Crippen LogP contribution in [0.3, 0.4) is 0 Å². The number of aryl methyl sites for hydroxylation is 1. The van der Waals surface area contributed by atoms with Crippen LogP contribution in [-0.2, 0) is 7.05 Å². The summed E-state index contributed by atoms with van der Waals surface area (Å²) in [6, 6.07) is 0. The zero-order valence-corrected chi connectivity index (χ0v) is 9.28. The Morgan fingerprint density at radius 2 is 2.21 bits per heavy atom. The van der Waals surface area contributed by atoms with Crippen molar-refractivity contribution in [2.24, 2.45) is 13.0 Å². The van der Waals surface area contributed by atoms with E-state index in [1.165, 1.54) is 6.42 Å². The smallest absolute Gasteiger partial charge is 0.154 e. The topological polar surface area (TPSA) is 43.6 Å². The summed E-state index contributed by atoms with van der Waals surface area (Å²) < 4.78 is 1.76. The quantitative estimate of drug-likeness (QED) is 0.669. The van der Waals surface area contributed by atoms with Crippen LogP contribution in [0.4, 0.5) is 0 Å². The van der Waals surface area contributed by atoms with E-state index in [2.05, 4.69) is 22.4 Å². The summed E-state index contributed by atoms with van der Waals surface area (Å²) in [5, 5.41) is 11.9. The van der Waals surface area contributed by atoms with E-state index >= 15 is 0 Å². The minimum absolute atomic E-state index is 0.285. The number of alkyl halides is 1. The Bertz CT molecular complexity index is 312. The second-order valence-electron chi connectivity index (χ2n) is 4.15. The van der Waals surface area contributed by atoms with Crippen molar-refractivity contribution in [2.75, 3.05) is 0 Å².